The second kappa shape index (κ2) is 6.74. The molecule has 1 aliphatic carbocycles. The maximum absolute atomic E-state index is 12.2. The highest BCUT2D eigenvalue weighted by Crippen LogP contribution is 2.38. The Balaban J connectivity index is 1.91. The van der Waals surface area contributed by atoms with Gasteiger partial charge in [-0.1, -0.05) is 25.5 Å². The van der Waals surface area contributed by atoms with Gasteiger partial charge in [-0.3, -0.25) is 4.72 Å². The molecule has 1 aromatic carbocycles. The van der Waals surface area contributed by atoms with Crippen LogP contribution in [0.15, 0.2) is 30.7 Å². The van der Waals surface area contributed by atoms with E-state index >= 15 is 0 Å². The van der Waals surface area contributed by atoms with Crippen molar-refractivity contribution in [3.05, 3.63) is 47.5 Å². The van der Waals surface area contributed by atoms with Gasteiger partial charge >= 0.3 is 0 Å². The van der Waals surface area contributed by atoms with Gasteiger partial charge < -0.3 is 4.98 Å². The Hall–Kier alpha value is -1.82. The maximum atomic E-state index is 12.2. The first-order valence-corrected chi connectivity index (χ1v) is 9.86. The number of benzene rings is 1. The number of aromatic amines is 1. The number of hydrogen-bond donors (Lipinski definition) is 2. The van der Waals surface area contributed by atoms with Gasteiger partial charge in [-0.05, 0) is 42.9 Å². The summed E-state index contributed by atoms with van der Waals surface area (Å²) < 4.78 is 27.2. The number of nitrogens with one attached hydrogen (secondary N) is 2. The topological polar surface area (TPSA) is 74.8 Å². The van der Waals surface area contributed by atoms with Crippen molar-refractivity contribution in [1.29, 1.82) is 0 Å². The Morgan fingerprint density at radius 3 is 3.00 bits per heavy atom. The van der Waals surface area contributed by atoms with Crippen LogP contribution in [0.3, 0.4) is 0 Å². The standard InChI is InChI=1S/C17H23N3O2S/c1-2-3-10-23(21,22)20-16-9-5-6-13-14(16)7-4-8-15(13)17-11-18-12-19-17/h5-6,9,11-12,15,20H,2-4,7-8,10H2,1H3,(H,18,19). The predicted molar refractivity (Wildman–Crippen MR) is 92.1 cm³/mol. The SMILES string of the molecule is CCCCS(=O)(=O)Nc1cccc2c1CCCC2c1cnc[nH]1. The number of rotatable bonds is 6. The Kier molecular flexibility index (Phi) is 4.71. The van der Waals surface area contributed by atoms with Crippen molar-refractivity contribution >= 4 is 15.7 Å². The number of hydrogen-bond acceptors (Lipinski definition) is 3. The Morgan fingerprint density at radius 2 is 2.26 bits per heavy atom. The second-order valence-electron chi connectivity index (χ2n) is 6.10. The third-order valence-electron chi connectivity index (χ3n) is 4.43. The van der Waals surface area contributed by atoms with Crippen LogP contribution in [-0.2, 0) is 16.4 Å². The number of sulfonamides is 1. The van der Waals surface area contributed by atoms with Crippen molar-refractivity contribution in [2.45, 2.75) is 44.9 Å². The summed E-state index contributed by atoms with van der Waals surface area (Å²) in [6.07, 6.45) is 8.12. The van der Waals surface area contributed by atoms with E-state index in [1.807, 2.05) is 25.3 Å². The summed E-state index contributed by atoms with van der Waals surface area (Å²) in [4.78, 5) is 7.31. The lowest BCUT2D eigenvalue weighted by Gasteiger charge is -2.27. The third-order valence-corrected chi connectivity index (χ3v) is 5.79. The number of nitrogens with zero attached hydrogens (tertiary/aromatic N) is 1. The zero-order chi connectivity index (χ0) is 16.3. The fourth-order valence-electron chi connectivity index (χ4n) is 3.28. The molecule has 2 aromatic rings. The minimum atomic E-state index is -3.27. The van der Waals surface area contributed by atoms with Gasteiger partial charge in [-0.2, -0.15) is 0 Å². The summed E-state index contributed by atoms with van der Waals surface area (Å²) in [5, 5.41) is 0. The molecule has 0 amide bonds. The second-order valence-corrected chi connectivity index (χ2v) is 7.94. The molecule has 1 heterocycles. The molecule has 6 heteroatoms. The van der Waals surface area contributed by atoms with Crippen LogP contribution in [0.4, 0.5) is 5.69 Å². The Bertz CT molecular complexity index is 754. The van der Waals surface area contributed by atoms with Gasteiger partial charge in [-0.25, -0.2) is 13.4 Å². The number of aromatic nitrogens is 2. The van der Waals surface area contributed by atoms with Crippen LogP contribution in [0.5, 0.6) is 0 Å². The molecule has 5 nitrogen and oxygen atoms in total. The third kappa shape index (κ3) is 3.58. The van der Waals surface area contributed by atoms with Crippen molar-refractivity contribution in [1.82, 2.24) is 9.97 Å². The van der Waals surface area contributed by atoms with Crippen molar-refractivity contribution < 1.29 is 8.42 Å². The highest BCUT2D eigenvalue weighted by molar-refractivity contribution is 7.92. The smallest absolute Gasteiger partial charge is 0.232 e. The number of H-pyrrole nitrogens is 1. The number of fused-ring (bicyclic) bond motifs is 1. The molecule has 2 N–H and O–H groups in total. The summed E-state index contributed by atoms with van der Waals surface area (Å²) in [7, 11) is -3.27. The monoisotopic (exact) mass is 333 g/mol. The van der Waals surface area contributed by atoms with Crippen LogP contribution in [0.2, 0.25) is 0 Å². The lowest BCUT2D eigenvalue weighted by molar-refractivity contribution is 0.596. The molecule has 0 saturated carbocycles. The summed E-state index contributed by atoms with van der Waals surface area (Å²) >= 11 is 0. The minimum absolute atomic E-state index is 0.178. The van der Waals surface area contributed by atoms with E-state index in [2.05, 4.69) is 20.8 Å². The summed E-state index contributed by atoms with van der Waals surface area (Å²) in [5.41, 5.74) is 4.16. The van der Waals surface area contributed by atoms with E-state index in [0.717, 1.165) is 42.6 Å². The van der Waals surface area contributed by atoms with E-state index in [1.54, 1.807) is 6.33 Å². The van der Waals surface area contributed by atoms with Crippen LogP contribution in [-0.4, -0.2) is 24.1 Å². The van der Waals surface area contributed by atoms with Gasteiger partial charge in [0.25, 0.3) is 0 Å². The van der Waals surface area contributed by atoms with Gasteiger partial charge in [0.2, 0.25) is 10.0 Å². The van der Waals surface area contributed by atoms with Gasteiger partial charge in [-0.15, -0.1) is 0 Å². The van der Waals surface area contributed by atoms with Crippen LogP contribution in [0, 0.1) is 0 Å². The van der Waals surface area contributed by atoms with E-state index in [-0.39, 0.29) is 11.7 Å². The Morgan fingerprint density at radius 1 is 1.39 bits per heavy atom. The first-order chi connectivity index (χ1) is 11.1. The highest BCUT2D eigenvalue weighted by atomic mass is 32.2. The maximum Gasteiger partial charge on any atom is 0.232 e. The molecule has 1 unspecified atom stereocenters. The highest BCUT2D eigenvalue weighted by Gasteiger charge is 2.25. The van der Waals surface area contributed by atoms with E-state index in [1.165, 1.54) is 5.56 Å². The molecule has 0 bridgehead atoms. The molecule has 124 valence electrons. The van der Waals surface area contributed by atoms with Crippen molar-refractivity contribution in [2.24, 2.45) is 0 Å². The number of unbranched alkanes of at least 4 members (excludes halogenated alkanes) is 1. The first-order valence-electron chi connectivity index (χ1n) is 8.21. The molecule has 0 radical (unpaired) electrons. The molecule has 0 aliphatic heterocycles. The quantitative estimate of drug-likeness (QED) is 0.850. The largest absolute Gasteiger partial charge is 0.348 e. The van der Waals surface area contributed by atoms with Gasteiger partial charge in [0.15, 0.2) is 0 Å². The summed E-state index contributed by atoms with van der Waals surface area (Å²) in [6.45, 7) is 1.99. The van der Waals surface area contributed by atoms with E-state index in [4.69, 9.17) is 0 Å². The van der Waals surface area contributed by atoms with Gasteiger partial charge in [0.05, 0.1) is 17.8 Å². The van der Waals surface area contributed by atoms with Crippen molar-refractivity contribution in [3.8, 4) is 0 Å². The van der Waals surface area contributed by atoms with Crippen LogP contribution in [0.1, 0.15) is 55.3 Å². The van der Waals surface area contributed by atoms with Gasteiger partial charge in [0, 0.05) is 17.8 Å². The molecule has 1 atom stereocenters. The van der Waals surface area contributed by atoms with E-state index < -0.39 is 10.0 Å². The lowest BCUT2D eigenvalue weighted by atomic mass is 9.80. The molecule has 3 rings (SSSR count). The molecule has 0 spiro atoms. The average molecular weight is 333 g/mol. The normalized spacial score (nSPS) is 17.7. The van der Waals surface area contributed by atoms with E-state index in [9.17, 15) is 8.42 Å². The molecule has 23 heavy (non-hydrogen) atoms. The van der Waals surface area contributed by atoms with Gasteiger partial charge in [0.1, 0.15) is 0 Å². The van der Waals surface area contributed by atoms with Crippen molar-refractivity contribution in [2.75, 3.05) is 10.5 Å². The fourth-order valence-corrected chi connectivity index (χ4v) is 4.57. The molecule has 1 aromatic heterocycles. The zero-order valence-electron chi connectivity index (χ0n) is 13.4. The number of anilines is 1. The van der Waals surface area contributed by atoms with Crippen LogP contribution in [0.25, 0.3) is 0 Å². The molecule has 0 saturated heterocycles. The predicted octanol–water partition coefficient (Wildman–Crippen LogP) is 3.42. The Labute approximate surface area is 137 Å². The lowest BCUT2D eigenvalue weighted by Crippen LogP contribution is -2.20. The first kappa shape index (κ1) is 16.1. The van der Waals surface area contributed by atoms with Crippen molar-refractivity contribution in [3.63, 3.8) is 0 Å². The summed E-state index contributed by atoms with van der Waals surface area (Å²) in [5.74, 6) is 0.443. The minimum Gasteiger partial charge on any atom is -0.348 e. The molecule has 1 aliphatic rings. The average Bonchev–Trinajstić information content (AvgIpc) is 3.07. The summed E-state index contributed by atoms with van der Waals surface area (Å²) in [6, 6.07) is 5.91. The van der Waals surface area contributed by atoms with Crippen LogP contribution >= 0.6 is 0 Å². The molecular formula is C17H23N3O2S. The molecule has 0 fully saturated rings. The zero-order valence-corrected chi connectivity index (χ0v) is 14.2. The number of imidazole rings is 1. The van der Waals surface area contributed by atoms with E-state index in [0.29, 0.717) is 6.42 Å². The fraction of sp³-hybridized carbons (Fsp3) is 0.471. The van der Waals surface area contributed by atoms with Crippen LogP contribution < -0.4 is 4.72 Å². The molecular weight excluding hydrogens is 310 g/mol.